The van der Waals surface area contributed by atoms with Crippen LogP contribution in [0.2, 0.25) is 0 Å². The lowest BCUT2D eigenvalue weighted by Crippen LogP contribution is -2.37. The molecule has 0 amide bonds. The van der Waals surface area contributed by atoms with Gasteiger partial charge in [-0.15, -0.1) is 4.83 Å². The largest absolute Gasteiger partial charge is 0.379 e. The maximum atomic E-state index is 12.4. The molecule has 31 heavy (non-hydrogen) atoms. The van der Waals surface area contributed by atoms with Gasteiger partial charge < -0.3 is 10.1 Å². The lowest BCUT2D eigenvalue weighted by molar-refractivity contribution is -0.383. The van der Waals surface area contributed by atoms with Crippen LogP contribution in [0.1, 0.15) is 12.0 Å². The van der Waals surface area contributed by atoms with E-state index in [1.807, 2.05) is 6.92 Å². The van der Waals surface area contributed by atoms with Crippen molar-refractivity contribution in [1.29, 1.82) is 0 Å². The zero-order chi connectivity index (χ0) is 22.3. The van der Waals surface area contributed by atoms with E-state index in [-0.39, 0.29) is 16.5 Å². The zero-order valence-corrected chi connectivity index (χ0v) is 17.9. The number of aryl methyl sites for hydroxylation is 1. The molecule has 1 aliphatic heterocycles. The Morgan fingerprint density at radius 3 is 2.52 bits per heavy atom. The van der Waals surface area contributed by atoms with Gasteiger partial charge in [-0.2, -0.15) is 0 Å². The Morgan fingerprint density at radius 1 is 1.16 bits per heavy atom. The molecule has 2 heterocycles. The van der Waals surface area contributed by atoms with Crippen molar-refractivity contribution < 1.29 is 18.1 Å². The molecule has 0 unspecified atom stereocenters. The molecule has 3 rings (SSSR count). The first kappa shape index (κ1) is 22.8. The number of morpholine rings is 1. The minimum Gasteiger partial charge on any atom is -0.379 e. The minimum atomic E-state index is -3.94. The molecule has 0 atom stereocenters. The number of hydrazine groups is 1. The first-order valence-corrected chi connectivity index (χ1v) is 11.2. The molecule has 0 saturated carbocycles. The number of benzene rings is 1. The van der Waals surface area contributed by atoms with Gasteiger partial charge in [0.25, 0.3) is 10.0 Å². The smallest absolute Gasteiger partial charge is 0.354 e. The molecule has 0 aliphatic carbocycles. The predicted octanol–water partition coefficient (Wildman–Crippen LogP) is 1.13. The third kappa shape index (κ3) is 6.30. The minimum absolute atomic E-state index is 0.0130. The highest BCUT2D eigenvalue weighted by atomic mass is 32.2. The van der Waals surface area contributed by atoms with E-state index in [0.29, 0.717) is 19.8 Å². The van der Waals surface area contributed by atoms with Gasteiger partial charge in [0.2, 0.25) is 11.6 Å². The maximum absolute atomic E-state index is 12.4. The number of hydrogen-bond donors (Lipinski definition) is 3. The Kier molecular flexibility index (Phi) is 7.68. The first-order chi connectivity index (χ1) is 14.9. The van der Waals surface area contributed by atoms with E-state index >= 15 is 0 Å². The van der Waals surface area contributed by atoms with Gasteiger partial charge in [-0.25, -0.2) is 18.4 Å². The fourth-order valence-corrected chi connectivity index (χ4v) is 3.84. The summed E-state index contributed by atoms with van der Waals surface area (Å²) in [5.74, 6) is -0.245. The van der Waals surface area contributed by atoms with Crippen molar-refractivity contribution in [2.24, 2.45) is 0 Å². The van der Waals surface area contributed by atoms with Crippen molar-refractivity contribution in [3.05, 3.63) is 46.3 Å². The third-order valence-corrected chi connectivity index (χ3v) is 5.95. The third-order valence-electron chi connectivity index (χ3n) is 4.69. The second-order valence-electron chi connectivity index (χ2n) is 6.95. The second kappa shape index (κ2) is 10.4. The topological polar surface area (TPSA) is 152 Å². The van der Waals surface area contributed by atoms with Crippen LogP contribution in [0, 0.1) is 17.0 Å². The molecule has 0 radical (unpaired) electrons. The molecule has 1 fully saturated rings. The van der Waals surface area contributed by atoms with Crippen LogP contribution >= 0.6 is 0 Å². The Bertz CT molecular complexity index is 995. The first-order valence-electron chi connectivity index (χ1n) is 9.74. The average Bonchev–Trinajstić information content (AvgIpc) is 2.76. The van der Waals surface area contributed by atoms with Crippen LogP contribution in [-0.4, -0.2) is 67.6 Å². The van der Waals surface area contributed by atoms with Crippen molar-refractivity contribution in [1.82, 2.24) is 19.7 Å². The van der Waals surface area contributed by atoms with Gasteiger partial charge in [-0.1, -0.05) is 17.7 Å². The van der Waals surface area contributed by atoms with Crippen LogP contribution in [0.25, 0.3) is 0 Å². The Balaban J connectivity index is 1.63. The van der Waals surface area contributed by atoms with Crippen molar-refractivity contribution in [2.45, 2.75) is 18.2 Å². The van der Waals surface area contributed by atoms with E-state index in [2.05, 4.69) is 30.4 Å². The monoisotopic (exact) mass is 451 g/mol. The molecule has 0 bridgehead atoms. The number of ether oxygens (including phenoxy) is 1. The van der Waals surface area contributed by atoms with E-state index in [4.69, 9.17) is 4.74 Å². The van der Waals surface area contributed by atoms with E-state index in [1.165, 1.54) is 12.1 Å². The van der Waals surface area contributed by atoms with Gasteiger partial charge in [0.15, 0.2) is 0 Å². The fourth-order valence-electron chi connectivity index (χ4n) is 3.00. The standard InChI is InChI=1S/C18H25N7O5S/c1-14-3-5-15(6-4-14)31(28,29)23-22-18-16(25(26)27)17(20-13-21-18)19-7-2-8-24-9-11-30-12-10-24/h3-6,13,23H,2,7-12H2,1H3,(H2,19,20,21,22). The summed E-state index contributed by atoms with van der Waals surface area (Å²) in [4.78, 5) is 23.1. The summed E-state index contributed by atoms with van der Waals surface area (Å²) in [6.07, 6.45) is 1.88. The molecule has 12 nitrogen and oxygen atoms in total. The Labute approximate surface area is 180 Å². The summed E-state index contributed by atoms with van der Waals surface area (Å²) >= 11 is 0. The molecule has 2 aromatic rings. The van der Waals surface area contributed by atoms with Crippen LogP contribution in [-0.2, 0) is 14.8 Å². The molecular weight excluding hydrogens is 426 g/mol. The Hall–Kier alpha value is -2.87. The highest BCUT2D eigenvalue weighted by molar-refractivity contribution is 7.89. The predicted molar refractivity (Wildman–Crippen MR) is 114 cm³/mol. The average molecular weight is 452 g/mol. The summed E-state index contributed by atoms with van der Waals surface area (Å²) in [5.41, 5.74) is 2.80. The molecule has 1 saturated heterocycles. The molecule has 3 N–H and O–H groups in total. The molecule has 168 valence electrons. The summed E-state index contributed by atoms with van der Waals surface area (Å²) in [7, 11) is -3.94. The van der Waals surface area contributed by atoms with Crippen LogP contribution in [0.5, 0.6) is 0 Å². The maximum Gasteiger partial charge on any atom is 0.354 e. The molecule has 1 aromatic carbocycles. The molecule has 13 heteroatoms. The van der Waals surface area contributed by atoms with Crippen molar-refractivity contribution in [2.75, 3.05) is 50.1 Å². The van der Waals surface area contributed by atoms with Crippen molar-refractivity contribution in [3.8, 4) is 0 Å². The van der Waals surface area contributed by atoms with Gasteiger partial charge in [0, 0.05) is 19.6 Å². The van der Waals surface area contributed by atoms with Gasteiger partial charge in [0.05, 0.1) is 23.0 Å². The second-order valence-corrected chi connectivity index (χ2v) is 8.64. The number of nitrogens with one attached hydrogen (secondary N) is 3. The van der Waals surface area contributed by atoms with E-state index in [9.17, 15) is 18.5 Å². The molecule has 1 aromatic heterocycles. The van der Waals surface area contributed by atoms with Crippen LogP contribution in [0.3, 0.4) is 0 Å². The summed E-state index contributed by atoms with van der Waals surface area (Å²) < 4.78 is 30.2. The normalized spacial score (nSPS) is 14.9. The number of nitro groups is 1. The van der Waals surface area contributed by atoms with Crippen molar-refractivity contribution >= 4 is 27.3 Å². The lowest BCUT2D eigenvalue weighted by Gasteiger charge is -2.26. The lowest BCUT2D eigenvalue weighted by atomic mass is 10.2. The number of hydrogen-bond acceptors (Lipinski definition) is 10. The van der Waals surface area contributed by atoms with Crippen LogP contribution in [0.15, 0.2) is 35.5 Å². The SMILES string of the molecule is Cc1ccc(S(=O)(=O)NNc2ncnc(NCCCN3CCOCC3)c2[N+](=O)[O-])cc1. The van der Waals surface area contributed by atoms with Gasteiger partial charge in [0.1, 0.15) is 6.33 Å². The Morgan fingerprint density at radius 2 is 1.84 bits per heavy atom. The van der Waals surface area contributed by atoms with Gasteiger partial charge >= 0.3 is 5.69 Å². The van der Waals surface area contributed by atoms with Crippen LogP contribution < -0.4 is 15.6 Å². The molecule has 0 spiro atoms. The van der Waals surface area contributed by atoms with Gasteiger partial charge in [-0.3, -0.25) is 20.4 Å². The van der Waals surface area contributed by atoms with E-state index in [0.717, 1.165) is 37.9 Å². The summed E-state index contributed by atoms with van der Waals surface area (Å²) in [5, 5.41) is 14.5. The molecular formula is C18H25N7O5S. The number of rotatable bonds is 10. The number of sulfonamides is 1. The van der Waals surface area contributed by atoms with Crippen molar-refractivity contribution in [3.63, 3.8) is 0 Å². The van der Waals surface area contributed by atoms with E-state index in [1.54, 1.807) is 12.1 Å². The zero-order valence-electron chi connectivity index (χ0n) is 17.1. The summed E-state index contributed by atoms with van der Waals surface area (Å²) in [6, 6.07) is 6.19. The quantitative estimate of drug-likeness (QED) is 0.272. The fraction of sp³-hybridized carbons (Fsp3) is 0.444. The number of anilines is 2. The molecule has 1 aliphatic rings. The number of nitrogens with zero attached hydrogens (tertiary/aromatic N) is 4. The summed E-state index contributed by atoms with van der Waals surface area (Å²) in [6.45, 7) is 6.27. The number of aromatic nitrogens is 2. The van der Waals surface area contributed by atoms with Gasteiger partial charge in [-0.05, 0) is 32.0 Å². The van der Waals surface area contributed by atoms with Crippen LogP contribution in [0.4, 0.5) is 17.3 Å². The van der Waals surface area contributed by atoms with E-state index < -0.39 is 20.6 Å². The highest BCUT2D eigenvalue weighted by Crippen LogP contribution is 2.28. The highest BCUT2D eigenvalue weighted by Gasteiger charge is 2.24.